The van der Waals surface area contributed by atoms with Gasteiger partial charge in [0, 0.05) is 6.07 Å². The van der Waals surface area contributed by atoms with Crippen LogP contribution in [0.1, 0.15) is 24.4 Å². The number of nitrogens with zero attached hydrogens (tertiary/aromatic N) is 3. The van der Waals surface area contributed by atoms with Crippen molar-refractivity contribution in [3.05, 3.63) is 39.7 Å². The van der Waals surface area contributed by atoms with E-state index in [4.69, 9.17) is 0 Å². The van der Waals surface area contributed by atoms with Gasteiger partial charge in [0.2, 0.25) is 5.16 Å². The molecular weight excluding hydrogens is 268 g/mol. The normalized spacial score (nSPS) is 12.4. The molecule has 2 aromatic rings. The van der Waals surface area contributed by atoms with Crippen molar-refractivity contribution in [2.75, 3.05) is 0 Å². The van der Waals surface area contributed by atoms with Gasteiger partial charge in [0.25, 0.3) is 5.69 Å². The largest absolute Gasteiger partial charge is 0.389 e. The number of nitro benzene ring substituents is 1. The molecule has 1 unspecified atom stereocenters. The van der Waals surface area contributed by atoms with E-state index < -0.39 is 11.0 Å². The Labute approximate surface area is 113 Å². The lowest BCUT2D eigenvalue weighted by molar-refractivity contribution is -0.387. The highest BCUT2D eigenvalue weighted by Crippen LogP contribution is 2.34. The summed E-state index contributed by atoms with van der Waals surface area (Å²) in [6, 6.07) is 4.61. The molecule has 7 nitrogen and oxygen atoms in total. The summed E-state index contributed by atoms with van der Waals surface area (Å²) in [6.07, 6.45) is -0.747. The van der Waals surface area contributed by atoms with Crippen molar-refractivity contribution in [1.29, 1.82) is 0 Å². The van der Waals surface area contributed by atoms with Crippen LogP contribution in [0.25, 0.3) is 0 Å². The fraction of sp³-hybridized carbons (Fsp3) is 0.273. The molecule has 19 heavy (non-hydrogen) atoms. The van der Waals surface area contributed by atoms with E-state index in [0.29, 0.717) is 21.4 Å². The van der Waals surface area contributed by atoms with Gasteiger partial charge in [-0.3, -0.25) is 15.2 Å². The molecule has 0 aliphatic heterocycles. The Balaban J connectivity index is 2.36. The number of hydrogen-bond donors (Lipinski definition) is 2. The van der Waals surface area contributed by atoms with Crippen molar-refractivity contribution >= 4 is 17.4 Å². The van der Waals surface area contributed by atoms with Gasteiger partial charge in [0.05, 0.1) is 15.9 Å². The van der Waals surface area contributed by atoms with Crippen LogP contribution >= 0.6 is 11.8 Å². The number of aryl methyl sites for hydroxylation is 1. The van der Waals surface area contributed by atoms with Crippen LogP contribution in [0.3, 0.4) is 0 Å². The zero-order valence-electron chi connectivity index (χ0n) is 10.3. The Morgan fingerprint density at radius 1 is 1.53 bits per heavy atom. The molecule has 0 saturated heterocycles. The van der Waals surface area contributed by atoms with Gasteiger partial charge in [0.1, 0.15) is 5.82 Å². The van der Waals surface area contributed by atoms with E-state index >= 15 is 0 Å². The first-order valence-electron chi connectivity index (χ1n) is 5.50. The summed E-state index contributed by atoms with van der Waals surface area (Å²) in [6.45, 7) is 3.31. The van der Waals surface area contributed by atoms with Gasteiger partial charge in [-0.05, 0) is 37.2 Å². The molecule has 1 atom stereocenters. The zero-order chi connectivity index (χ0) is 14.0. The molecule has 0 aliphatic carbocycles. The Kier molecular flexibility index (Phi) is 3.82. The van der Waals surface area contributed by atoms with Gasteiger partial charge in [-0.25, -0.2) is 4.98 Å². The van der Waals surface area contributed by atoms with E-state index in [1.165, 1.54) is 6.07 Å². The highest BCUT2D eigenvalue weighted by atomic mass is 32.2. The minimum atomic E-state index is -0.747. The van der Waals surface area contributed by atoms with E-state index in [9.17, 15) is 15.2 Å². The number of hydrogen-bond acceptors (Lipinski definition) is 6. The van der Waals surface area contributed by atoms with Gasteiger partial charge in [-0.1, -0.05) is 6.07 Å². The van der Waals surface area contributed by atoms with Crippen molar-refractivity contribution in [3.63, 3.8) is 0 Å². The standard InChI is InChI=1S/C11H12N4O3S/c1-6(16)8-3-4-10(9(5-8)15(17)18)19-11-12-7(2)13-14-11/h3-6,16H,1-2H3,(H,12,13,14). The van der Waals surface area contributed by atoms with E-state index in [0.717, 1.165) is 11.8 Å². The second-order valence-electron chi connectivity index (χ2n) is 3.97. The van der Waals surface area contributed by atoms with Crippen LogP contribution in [0.15, 0.2) is 28.3 Å². The minimum Gasteiger partial charge on any atom is -0.389 e. The summed E-state index contributed by atoms with van der Waals surface area (Å²) in [5, 5.41) is 27.5. The Hall–Kier alpha value is -1.93. The third kappa shape index (κ3) is 3.09. The number of aliphatic hydroxyl groups is 1. The molecule has 0 saturated carbocycles. The molecular formula is C11H12N4O3S. The minimum absolute atomic E-state index is 0.0640. The van der Waals surface area contributed by atoms with Crippen LogP contribution in [0, 0.1) is 17.0 Å². The van der Waals surface area contributed by atoms with E-state index in [-0.39, 0.29) is 5.69 Å². The predicted molar refractivity (Wildman–Crippen MR) is 69.0 cm³/mol. The van der Waals surface area contributed by atoms with Crippen LogP contribution in [0.2, 0.25) is 0 Å². The third-order valence-electron chi connectivity index (χ3n) is 2.44. The molecule has 8 heteroatoms. The van der Waals surface area contributed by atoms with Gasteiger partial charge >= 0.3 is 0 Å². The molecule has 2 N–H and O–H groups in total. The first-order valence-corrected chi connectivity index (χ1v) is 6.32. The highest BCUT2D eigenvalue weighted by Gasteiger charge is 2.18. The number of aliphatic hydroxyl groups excluding tert-OH is 1. The van der Waals surface area contributed by atoms with Gasteiger partial charge in [-0.15, -0.1) is 5.10 Å². The zero-order valence-corrected chi connectivity index (χ0v) is 11.1. The summed E-state index contributed by atoms with van der Waals surface area (Å²) in [5.74, 6) is 0.644. The number of aromatic amines is 1. The summed E-state index contributed by atoms with van der Waals surface area (Å²) in [5.41, 5.74) is 0.438. The summed E-state index contributed by atoms with van der Waals surface area (Å²) >= 11 is 1.11. The Morgan fingerprint density at radius 3 is 2.79 bits per heavy atom. The van der Waals surface area contributed by atoms with Crippen molar-refractivity contribution in [2.24, 2.45) is 0 Å². The van der Waals surface area contributed by atoms with Gasteiger partial charge in [0.15, 0.2) is 0 Å². The maximum Gasteiger partial charge on any atom is 0.283 e. The molecule has 100 valence electrons. The van der Waals surface area contributed by atoms with Crippen molar-refractivity contribution < 1.29 is 10.0 Å². The van der Waals surface area contributed by atoms with E-state index in [2.05, 4.69) is 15.2 Å². The lowest BCUT2D eigenvalue weighted by Gasteiger charge is -2.06. The highest BCUT2D eigenvalue weighted by molar-refractivity contribution is 7.99. The molecule has 0 fully saturated rings. The number of rotatable bonds is 4. The number of nitro groups is 1. The second kappa shape index (κ2) is 5.37. The Bertz CT molecular complexity index is 612. The third-order valence-corrected chi connectivity index (χ3v) is 3.37. The summed E-state index contributed by atoms with van der Waals surface area (Å²) < 4.78 is 0. The first-order chi connectivity index (χ1) is 8.97. The molecule has 2 rings (SSSR count). The lowest BCUT2D eigenvalue weighted by Crippen LogP contribution is -1.96. The van der Waals surface area contributed by atoms with Crippen LogP contribution in [0.5, 0.6) is 0 Å². The summed E-state index contributed by atoms with van der Waals surface area (Å²) in [7, 11) is 0. The molecule has 0 radical (unpaired) electrons. The summed E-state index contributed by atoms with van der Waals surface area (Å²) in [4.78, 5) is 15.1. The second-order valence-corrected chi connectivity index (χ2v) is 4.97. The van der Waals surface area contributed by atoms with Crippen LogP contribution < -0.4 is 0 Å². The van der Waals surface area contributed by atoms with Crippen molar-refractivity contribution in [1.82, 2.24) is 15.2 Å². The molecule has 1 aromatic carbocycles. The quantitative estimate of drug-likeness (QED) is 0.657. The van der Waals surface area contributed by atoms with Crippen molar-refractivity contribution in [3.8, 4) is 0 Å². The molecule has 1 heterocycles. The maximum atomic E-state index is 11.1. The van der Waals surface area contributed by atoms with E-state index in [1.807, 2.05) is 0 Å². The lowest BCUT2D eigenvalue weighted by atomic mass is 10.1. The molecule has 0 spiro atoms. The number of nitrogens with one attached hydrogen (secondary N) is 1. The van der Waals surface area contributed by atoms with Crippen LogP contribution in [-0.4, -0.2) is 25.2 Å². The van der Waals surface area contributed by atoms with Crippen LogP contribution in [0.4, 0.5) is 5.69 Å². The van der Waals surface area contributed by atoms with Crippen LogP contribution in [-0.2, 0) is 0 Å². The molecule has 0 bridgehead atoms. The molecule has 0 amide bonds. The number of aromatic nitrogens is 3. The average molecular weight is 280 g/mol. The molecule has 0 aliphatic rings. The maximum absolute atomic E-state index is 11.1. The van der Waals surface area contributed by atoms with Gasteiger partial charge < -0.3 is 5.11 Å². The first kappa shape index (κ1) is 13.5. The predicted octanol–water partition coefficient (Wildman–Crippen LogP) is 2.23. The topological polar surface area (TPSA) is 105 Å². The van der Waals surface area contributed by atoms with Crippen molar-refractivity contribution in [2.45, 2.75) is 30.0 Å². The fourth-order valence-electron chi connectivity index (χ4n) is 1.49. The number of H-pyrrole nitrogens is 1. The molecule has 1 aromatic heterocycles. The monoisotopic (exact) mass is 280 g/mol. The van der Waals surface area contributed by atoms with Gasteiger partial charge in [-0.2, -0.15) is 0 Å². The Morgan fingerprint density at radius 2 is 2.26 bits per heavy atom. The average Bonchev–Trinajstić information content (AvgIpc) is 2.74. The smallest absolute Gasteiger partial charge is 0.283 e. The fourth-order valence-corrected chi connectivity index (χ4v) is 2.33. The van der Waals surface area contributed by atoms with E-state index in [1.54, 1.807) is 26.0 Å². The SMILES string of the molecule is Cc1nc(Sc2ccc(C(C)O)cc2[N+](=O)[O-])n[nH]1. The number of benzene rings is 1.